The zero-order valence-corrected chi connectivity index (χ0v) is 16.6. The highest BCUT2D eigenvalue weighted by atomic mass is 31.2. The molecule has 0 aliphatic heterocycles. The first-order chi connectivity index (χ1) is 12.2. The number of nitrogens with zero attached hydrogens (tertiary/aromatic N) is 1. The second kappa shape index (κ2) is 8.58. The first-order valence-electron chi connectivity index (χ1n) is 8.51. The highest BCUT2D eigenvalue weighted by Crippen LogP contribution is 2.51. The molecule has 0 bridgehead atoms. The molecule has 7 heteroatoms. The van der Waals surface area contributed by atoms with Crippen molar-refractivity contribution < 1.29 is 18.4 Å². The third kappa shape index (κ3) is 5.24. The van der Waals surface area contributed by atoms with Gasteiger partial charge in [0, 0.05) is 24.4 Å². The molecule has 2 rings (SSSR count). The van der Waals surface area contributed by atoms with Gasteiger partial charge in [-0.25, -0.2) is 0 Å². The van der Waals surface area contributed by atoms with Crippen LogP contribution in [0.5, 0.6) is 0 Å². The van der Waals surface area contributed by atoms with Crippen LogP contribution < -0.4 is 10.6 Å². The van der Waals surface area contributed by atoms with Crippen LogP contribution in [-0.2, 0) is 18.4 Å². The molecule has 2 aromatic rings. The van der Waals surface area contributed by atoms with Crippen molar-refractivity contribution in [3.05, 3.63) is 42.6 Å². The third-order valence-corrected chi connectivity index (χ3v) is 5.61. The fraction of sp³-hybridized carbons (Fsp3) is 0.368. The lowest BCUT2D eigenvalue weighted by molar-refractivity contribution is -0.114. The minimum absolute atomic E-state index is 0.217. The summed E-state index contributed by atoms with van der Waals surface area (Å²) in [4.78, 5) is 15.8. The lowest BCUT2D eigenvalue weighted by atomic mass is 10.1. The highest BCUT2D eigenvalue weighted by Gasteiger charge is 2.34. The predicted molar refractivity (Wildman–Crippen MR) is 104 cm³/mol. The topological polar surface area (TPSA) is 77.5 Å². The standard InChI is InChI=1S/C19H25N2O4P/c1-13(2)24-26(23,25-14(3)4)19-12-16(21-15(5)22)9-10-17(19)18-8-6-7-11-20-18/h6-14H,1-5H3,(H,21,22). The van der Waals surface area contributed by atoms with Crippen LogP contribution in [0.1, 0.15) is 34.6 Å². The number of pyridine rings is 1. The van der Waals surface area contributed by atoms with Gasteiger partial charge in [-0.15, -0.1) is 0 Å². The van der Waals surface area contributed by atoms with E-state index < -0.39 is 7.60 Å². The molecular weight excluding hydrogens is 351 g/mol. The van der Waals surface area contributed by atoms with Crippen LogP contribution in [0, 0.1) is 0 Å². The van der Waals surface area contributed by atoms with E-state index >= 15 is 0 Å². The van der Waals surface area contributed by atoms with Gasteiger partial charge >= 0.3 is 7.60 Å². The van der Waals surface area contributed by atoms with E-state index in [1.807, 2.05) is 18.2 Å². The minimum atomic E-state index is -3.65. The summed E-state index contributed by atoms with van der Waals surface area (Å²) in [6.07, 6.45) is 1.06. The number of anilines is 1. The fourth-order valence-corrected chi connectivity index (χ4v) is 4.64. The van der Waals surface area contributed by atoms with Gasteiger partial charge in [0.25, 0.3) is 0 Å². The predicted octanol–water partition coefficient (Wildman–Crippen LogP) is 4.38. The summed E-state index contributed by atoms with van der Waals surface area (Å²) in [5, 5.41) is 3.09. The average Bonchev–Trinajstić information content (AvgIpc) is 2.53. The Hall–Kier alpha value is -2.01. The van der Waals surface area contributed by atoms with Crippen molar-refractivity contribution in [3.8, 4) is 11.3 Å². The molecule has 140 valence electrons. The molecule has 0 fully saturated rings. The molecule has 1 heterocycles. The number of aromatic nitrogens is 1. The molecule has 1 amide bonds. The van der Waals surface area contributed by atoms with Gasteiger partial charge in [0.15, 0.2) is 0 Å². The highest BCUT2D eigenvalue weighted by molar-refractivity contribution is 7.62. The van der Waals surface area contributed by atoms with Gasteiger partial charge in [0.2, 0.25) is 5.91 Å². The van der Waals surface area contributed by atoms with Crippen molar-refractivity contribution in [3.63, 3.8) is 0 Å². The number of benzene rings is 1. The fourth-order valence-electron chi connectivity index (χ4n) is 2.47. The lowest BCUT2D eigenvalue weighted by Crippen LogP contribution is -2.20. The molecule has 1 N–H and O–H groups in total. The van der Waals surface area contributed by atoms with Crippen LogP contribution in [0.4, 0.5) is 5.69 Å². The number of hydrogen-bond acceptors (Lipinski definition) is 5. The van der Waals surface area contributed by atoms with Gasteiger partial charge in [0.05, 0.1) is 23.2 Å². The van der Waals surface area contributed by atoms with Crippen LogP contribution in [0.25, 0.3) is 11.3 Å². The minimum Gasteiger partial charge on any atom is -0.326 e. The molecule has 0 saturated carbocycles. The summed E-state index contributed by atoms with van der Waals surface area (Å²) in [7, 11) is -3.65. The van der Waals surface area contributed by atoms with Crippen molar-refractivity contribution in [2.75, 3.05) is 5.32 Å². The molecule has 0 aliphatic carbocycles. The van der Waals surface area contributed by atoms with Gasteiger partial charge < -0.3 is 14.4 Å². The SMILES string of the molecule is CC(=O)Nc1ccc(-c2ccccn2)c(P(=O)(OC(C)C)OC(C)C)c1. The second-order valence-corrected chi connectivity index (χ2v) is 8.33. The molecule has 0 unspecified atom stereocenters. The van der Waals surface area contributed by atoms with Crippen LogP contribution in [0.15, 0.2) is 42.6 Å². The Morgan fingerprint density at radius 2 is 1.73 bits per heavy atom. The summed E-state index contributed by atoms with van der Waals surface area (Å²) >= 11 is 0. The van der Waals surface area contributed by atoms with Crippen LogP contribution in [0.3, 0.4) is 0 Å². The van der Waals surface area contributed by atoms with Crippen LogP contribution in [-0.4, -0.2) is 23.1 Å². The molecule has 1 aromatic heterocycles. The van der Waals surface area contributed by atoms with E-state index in [0.717, 1.165) is 0 Å². The number of hydrogen-bond donors (Lipinski definition) is 1. The Kier molecular flexibility index (Phi) is 6.70. The van der Waals surface area contributed by atoms with E-state index in [-0.39, 0.29) is 18.1 Å². The van der Waals surface area contributed by atoms with Gasteiger partial charge in [-0.2, -0.15) is 0 Å². The zero-order chi connectivity index (χ0) is 19.3. The number of carbonyl (C=O) groups excluding carboxylic acids is 1. The Morgan fingerprint density at radius 3 is 2.23 bits per heavy atom. The van der Waals surface area contributed by atoms with Crippen molar-refractivity contribution in [2.24, 2.45) is 0 Å². The van der Waals surface area contributed by atoms with Gasteiger partial charge in [-0.05, 0) is 58.0 Å². The summed E-state index contributed by atoms with van der Waals surface area (Å²) in [5.74, 6) is -0.217. The zero-order valence-electron chi connectivity index (χ0n) is 15.7. The van der Waals surface area contributed by atoms with Crippen LogP contribution >= 0.6 is 7.60 Å². The Bertz CT molecular complexity index is 792. The average molecular weight is 376 g/mol. The van der Waals surface area contributed by atoms with E-state index in [1.165, 1.54) is 6.92 Å². The number of rotatable bonds is 7. The van der Waals surface area contributed by atoms with Crippen molar-refractivity contribution in [2.45, 2.75) is 46.8 Å². The van der Waals surface area contributed by atoms with Gasteiger partial charge in [-0.3, -0.25) is 14.3 Å². The molecule has 0 spiro atoms. The van der Waals surface area contributed by atoms with Crippen molar-refractivity contribution in [1.82, 2.24) is 4.98 Å². The van der Waals surface area contributed by atoms with E-state index in [0.29, 0.717) is 22.2 Å². The maximum atomic E-state index is 13.7. The smallest absolute Gasteiger partial charge is 0.326 e. The molecule has 0 aliphatic rings. The van der Waals surface area contributed by atoms with Gasteiger partial charge in [0.1, 0.15) is 0 Å². The van der Waals surface area contributed by atoms with E-state index in [4.69, 9.17) is 9.05 Å². The van der Waals surface area contributed by atoms with Crippen molar-refractivity contribution >= 4 is 24.5 Å². The maximum absolute atomic E-state index is 13.7. The normalized spacial score (nSPS) is 11.8. The largest absolute Gasteiger partial charge is 0.362 e. The molecule has 0 atom stereocenters. The Balaban J connectivity index is 2.66. The number of amides is 1. The summed E-state index contributed by atoms with van der Waals surface area (Å²) in [5.41, 5.74) is 1.81. The molecule has 26 heavy (non-hydrogen) atoms. The Labute approximate surface area is 154 Å². The number of nitrogens with one attached hydrogen (secondary N) is 1. The Morgan fingerprint density at radius 1 is 1.08 bits per heavy atom. The third-order valence-electron chi connectivity index (χ3n) is 3.25. The van der Waals surface area contributed by atoms with Crippen LogP contribution in [0.2, 0.25) is 0 Å². The summed E-state index contributed by atoms with van der Waals surface area (Å²) < 4.78 is 25.2. The second-order valence-electron chi connectivity index (χ2n) is 6.43. The number of carbonyl (C=O) groups is 1. The summed E-state index contributed by atoms with van der Waals surface area (Å²) in [6, 6.07) is 10.6. The molecule has 6 nitrogen and oxygen atoms in total. The van der Waals surface area contributed by atoms with E-state index in [1.54, 1.807) is 52.1 Å². The first-order valence-corrected chi connectivity index (χ1v) is 10.1. The van der Waals surface area contributed by atoms with E-state index in [9.17, 15) is 9.36 Å². The first kappa shape index (κ1) is 20.3. The molecule has 0 radical (unpaired) electrons. The van der Waals surface area contributed by atoms with Crippen molar-refractivity contribution in [1.29, 1.82) is 0 Å². The summed E-state index contributed by atoms with van der Waals surface area (Å²) in [6.45, 7) is 8.62. The lowest BCUT2D eigenvalue weighted by Gasteiger charge is -2.25. The molecular formula is C19H25N2O4P. The van der Waals surface area contributed by atoms with E-state index in [2.05, 4.69) is 10.3 Å². The molecule has 1 aromatic carbocycles. The maximum Gasteiger partial charge on any atom is 0.362 e. The molecule has 0 saturated heterocycles. The monoisotopic (exact) mass is 376 g/mol. The quantitative estimate of drug-likeness (QED) is 0.726. The van der Waals surface area contributed by atoms with Gasteiger partial charge in [-0.1, -0.05) is 6.07 Å².